The standard InChI is InChI=1S/C11H14ClFN2/c12-8-4-3-7(6-9(8)13)11(14)10-2-1-5-15-10/h3-4,6,10-11,15H,1-2,5,14H2/t10-,11+/m0/s1. The van der Waals surface area contributed by atoms with Gasteiger partial charge in [-0.3, -0.25) is 0 Å². The van der Waals surface area contributed by atoms with Crippen LogP contribution in [0.1, 0.15) is 24.4 Å². The molecule has 1 aliphatic rings. The van der Waals surface area contributed by atoms with E-state index < -0.39 is 5.82 Å². The second kappa shape index (κ2) is 4.47. The van der Waals surface area contributed by atoms with Crippen molar-refractivity contribution >= 4 is 11.6 Å². The van der Waals surface area contributed by atoms with E-state index in [2.05, 4.69) is 5.32 Å². The van der Waals surface area contributed by atoms with E-state index in [0.29, 0.717) is 0 Å². The van der Waals surface area contributed by atoms with Crippen LogP contribution < -0.4 is 11.1 Å². The molecule has 1 heterocycles. The predicted molar refractivity (Wildman–Crippen MR) is 59.4 cm³/mol. The molecule has 4 heteroatoms. The maximum atomic E-state index is 13.2. The first kappa shape index (κ1) is 10.9. The Kier molecular flexibility index (Phi) is 3.24. The molecule has 1 aromatic rings. The monoisotopic (exact) mass is 228 g/mol. The van der Waals surface area contributed by atoms with Crippen LogP contribution in [-0.4, -0.2) is 12.6 Å². The maximum Gasteiger partial charge on any atom is 0.142 e. The molecular formula is C11H14ClFN2. The molecule has 15 heavy (non-hydrogen) atoms. The van der Waals surface area contributed by atoms with Crippen LogP contribution in [0.2, 0.25) is 5.02 Å². The topological polar surface area (TPSA) is 38.0 Å². The first-order valence-electron chi connectivity index (χ1n) is 5.12. The molecule has 0 aliphatic carbocycles. The molecule has 0 saturated carbocycles. The Hall–Kier alpha value is -0.640. The molecule has 2 rings (SSSR count). The van der Waals surface area contributed by atoms with Crippen LogP contribution in [0.4, 0.5) is 4.39 Å². The van der Waals surface area contributed by atoms with E-state index in [1.807, 2.05) is 0 Å². The highest BCUT2D eigenvalue weighted by atomic mass is 35.5. The Morgan fingerprint density at radius 3 is 2.93 bits per heavy atom. The van der Waals surface area contributed by atoms with E-state index in [9.17, 15) is 4.39 Å². The van der Waals surface area contributed by atoms with Gasteiger partial charge in [0, 0.05) is 12.1 Å². The van der Waals surface area contributed by atoms with Crippen LogP contribution >= 0.6 is 11.6 Å². The highest BCUT2D eigenvalue weighted by Crippen LogP contribution is 2.24. The zero-order valence-corrected chi connectivity index (χ0v) is 9.10. The van der Waals surface area contributed by atoms with Crippen molar-refractivity contribution in [3.05, 3.63) is 34.6 Å². The van der Waals surface area contributed by atoms with Gasteiger partial charge in [0.1, 0.15) is 5.82 Å². The third-order valence-electron chi connectivity index (χ3n) is 2.86. The molecule has 2 atom stereocenters. The first-order chi connectivity index (χ1) is 7.18. The van der Waals surface area contributed by atoms with E-state index in [0.717, 1.165) is 24.9 Å². The third kappa shape index (κ3) is 2.30. The summed E-state index contributed by atoms with van der Waals surface area (Å²) >= 11 is 5.61. The molecular weight excluding hydrogens is 215 g/mol. The van der Waals surface area contributed by atoms with Crippen LogP contribution in [0.3, 0.4) is 0 Å². The summed E-state index contributed by atoms with van der Waals surface area (Å²) in [5, 5.41) is 3.45. The van der Waals surface area contributed by atoms with Crippen molar-refractivity contribution in [2.45, 2.75) is 24.9 Å². The fraction of sp³-hybridized carbons (Fsp3) is 0.455. The summed E-state index contributed by atoms with van der Waals surface area (Å²) in [7, 11) is 0. The number of benzene rings is 1. The van der Waals surface area contributed by atoms with Crippen molar-refractivity contribution in [1.29, 1.82) is 0 Å². The number of hydrogen-bond donors (Lipinski definition) is 2. The van der Waals surface area contributed by atoms with Crippen LogP contribution in [0.15, 0.2) is 18.2 Å². The first-order valence-corrected chi connectivity index (χ1v) is 5.50. The Labute approximate surface area is 93.6 Å². The third-order valence-corrected chi connectivity index (χ3v) is 3.17. The summed E-state index contributed by atoms with van der Waals surface area (Å²) in [6.45, 7) is 0.994. The van der Waals surface area contributed by atoms with E-state index in [-0.39, 0.29) is 17.1 Å². The van der Waals surface area contributed by atoms with Gasteiger partial charge in [-0.05, 0) is 37.1 Å². The van der Waals surface area contributed by atoms with Gasteiger partial charge in [0.2, 0.25) is 0 Å². The SMILES string of the molecule is N[C@H](c1ccc(Cl)c(F)c1)[C@@H]1CCCN1. The van der Waals surface area contributed by atoms with Crippen molar-refractivity contribution < 1.29 is 4.39 Å². The van der Waals surface area contributed by atoms with Gasteiger partial charge in [-0.2, -0.15) is 0 Å². The highest BCUT2D eigenvalue weighted by Gasteiger charge is 2.23. The summed E-state index contributed by atoms with van der Waals surface area (Å²) in [5.41, 5.74) is 6.85. The van der Waals surface area contributed by atoms with Gasteiger partial charge >= 0.3 is 0 Å². The lowest BCUT2D eigenvalue weighted by atomic mass is 9.99. The van der Waals surface area contributed by atoms with Crippen molar-refractivity contribution in [2.24, 2.45) is 5.73 Å². The van der Waals surface area contributed by atoms with Crippen LogP contribution in [0, 0.1) is 5.82 Å². The maximum absolute atomic E-state index is 13.2. The molecule has 82 valence electrons. The number of rotatable bonds is 2. The number of halogens is 2. The molecule has 0 amide bonds. The van der Waals surface area contributed by atoms with Gasteiger partial charge < -0.3 is 11.1 Å². The second-order valence-corrected chi connectivity index (χ2v) is 4.31. The average Bonchev–Trinajstić information content (AvgIpc) is 2.74. The summed E-state index contributed by atoms with van der Waals surface area (Å²) in [6, 6.07) is 4.87. The largest absolute Gasteiger partial charge is 0.323 e. The number of hydrogen-bond acceptors (Lipinski definition) is 2. The number of nitrogens with one attached hydrogen (secondary N) is 1. The van der Waals surface area contributed by atoms with Crippen molar-refractivity contribution in [3.63, 3.8) is 0 Å². The van der Waals surface area contributed by atoms with Crippen molar-refractivity contribution in [3.8, 4) is 0 Å². The molecule has 0 aromatic heterocycles. The quantitative estimate of drug-likeness (QED) is 0.815. The molecule has 2 nitrogen and oxygen atoms in total. The van der Waals surface area contributed by atoms with E-state index in [1.54, 1.807) is 12.1 Å². The molecule has 0 spiro atoms. The fourth-order valence-electron chi connectivity index (χ4n) is 1.97. The summed E-state index contributed by atoms with van der Waals surface area (Å²) in [4.78, 5) is 0. The van der Waals surface area contributed by atoms with Gasteiger partial charge in [0.05, 0.1) is 5.02 Å². The summed E-state index contributed by atoms with van der Waals surface area (Å²) in [5.74, 6) is -0.400. The van der Waals surface area contributed by atoms with Gasteiger partial charge in [0.15, 0.2) is 0 Å². The molecule has 1 aromatic carbocycles. The summed E-state index contributed by atoms with van der Waals surface area (Å²) < 4.78 is 13.2. The minimum Gasteiger partial charge on any atom is -0.323 e. The normalized spacial score (nSPS) is 23.0. The molecule has 0 radical (unpaired) electrons. The second-order valence-electron chi connectivity index (χ2n) is 3.90. The lowest BCUT2D eigenvalue weighted by Gasteiger charge is -2.19. The van der Waals surface area contributed by atoms with Crippen LogP contribution in [-0.2, 0) is 0 Å². The average molecular weight is 229 g/mol. The smallest absolute Gasteiger partial charge is 0.142 e. The zero-order chi connectivity index (χ0) is 10.8. The van der Waals surface area contributed by atoms with E-state index in [4.69, 9.17) is 17.3 Å². The lowest BCUT2D eigenvalue weighted by molar-refractivity contribution is 0.497. The van der Waals surface area contributed by atoms with Gasteiger partial charge in [-0.1, -0.05) is 17.7 Å². The lowest BCUT2D eigenvalue weighted by Crippen LogP contribution is -2.34. The fourth-order valence-corrected chi connectivity index (χ4v) is 2.09. The van der Waals surface area contributed by atoms with Gasteiger partial charge in [0.25, 0.3) is 0 Å². The van der Waals surface area contributed by atoms with Crippen molar-refractivity contribution in [1.82, 2.24) is 5.32 Å². The van der Waals surface area contributed by atoms with E-state index in [1.165, 1.54) is 6.07 Å². The van der Waals surface area contributed by atoms with Crippen LogP contribution in [0.25, 0.3) is 0 Å². The molecule has 1 fully saturated rings. The molecule has 3 N–H and O–H groups in total. The predicted octanol–water partition coefficient (Wildman–Crippen LogP) is 2.23. The Morgan fingerprint density at radius 1 is 1.53 bits per heavy atom. The molecule has 1 saturated heterocycles. The van der Waals surface area contributed by atoms with Gasteiger partial charge in [-0.15, -0.1) is 0 Å². The minimum absolute atomic E-state index is 0.144. The Bertz CT molecular complexity index is 350. The summed E-state index contributed by atoms with van der Waals surface area (Å²) in [6.07, 6.45) is 2.18. The number of nitrogens with two attached hydrogens (primary N) is 1. The molecule has 0 unspecified atom stereocenters. The zero-order valence-electron chi connectivity index (χ0n) is 8.34. The van der Waals surface area contributed by atoms with E-state index >= 15 is 0 Å². The highest BCUT2D eigenvalue weighted by molar-refractivity contribution is 6.30. The Morgan fingerprint density at radius 2 is 2.33 bits per heavy atom. The van der Waals surface area contributed by atoms with Gasteiger partial charge in [-0.25, -0.2) is 4.39 Å². The molecule has 0 bridgehead atoms. The van der Waals surface area contributed by atoms with Crippen LogP contribution in [0.5, 0.6) is 0 Å². The minimum atomic E-state index is -0.400. The van der Waals surface area contributed by atoms with Crippen molar-refractivity contribution in [2.75, 3.05) is 6.54 Å². The molecule has 1 aliphatic heterocycles. The Balaban J connectivity index is 2.17.